The summed E-state index contributed by atoms with van der Waals surface area (Å²) in [6.45, 7) is 2.96. The zero-order valence-corrected chi connectivity index (χ0v) is 15.7. The van der Waals surface area contributed by atoms with Gasteiger partial charge in [-0.05, 0) is 57.9 Å². The third-order valence-corrected chi connectivity index (χ3v) is 5.10. The monoisotopic (exact) mass is 431 g/mol. The van der Waals surface area contributed by atoms with Gasteiger partial charge in [0.1, 0.15) is 5.75 Å². The molecule has 5 heteroatoms. The van der Waals surface area contributed by atoms with Crippen molar-refractivity contribution < 1.29 is 4.74 Å². The first-order valence-electron chi connectivity index (χ1n) is 6.58. The zero-order chi connectivity index (χ0) is 15.4. The predicted octanol–water partition coefficient (Wildman–Crippen LogP) is 5.57. The second-order valence-corrected chi connectivity index (χ2v) is 6.67. The van der Waals surface area contributed by atoms with Gasteiger partial charge in [0.15, 0.2) is 0 Å². The molecule has 0 amide bonds. The topological polar surface area (TPSA) is 21.3 Å². The van der Waals surface area contributed by atoms with Crippen LogP contribution < -0.4 is 10.1 Å². The van der Waals surface area contributed by atoms with E-state index < -0.39 is 0 Å². The minimum absolute atomic E-state index is 0.0869. The highest BCUT2D eigenvalue weighted by Gasteiger charge is 2.17. The number of hydrogen-bond acceptors (Lipinski definition) is 2. The van der Waals surface area contributed by atoms with E-state index >= 15 is 0 Å². The molecule has 0 saturated carbocycles. The summed E-state index contributed by atoms with van der Waals surface area (Å²) in [5.41, 5.74) is 2.31. The fourth-order valence-corrected chi connectivity index (χ4v) is 3.27. The van der Waals surface area contributed by atoms with Gasteiger partial charge in [-0.1, -0.05) is 46.6 Å². The molecule has 112 valence electrons. The summed E-state index contributed by atoms with van der Waals surface area (Å²) in [5.74, 6) is 0.832. The van der Waals surface area contributed by atoms with Crippen LogP contribution in [0.25, 0.3) is 0 Å². The van der Waals surface area contributed by atoms with Crippen molar-refractivity contribution in [1.82, 2.24) is 5.32 Å². The Morgan fingerprint density at radius 3 is 2.48 bits per heavy atom. The van der Waals surface area contributed by atoms with E-state index in [1.165, 1.54) is 0 Å². The molecule has 0 aliphatic rings. The molecule has 0 aromatic heterocycles. The van der Waals surface area contributed by atoms with Crippen LogP contribution in [0.15, 0.2) is 45.3 Å². The highest BCUT2D eigenvalue weighted by molar-refractivity contribution is 9.10. The van der Waals surface area contributed by atoms with E-state index in [2.05, 4.69) is 50.2 Å². The van der Waals surface area contributed by atoms with Gasteiger partial charge in [-0.25, -0.2) is 0 Å². The van der Waals surface area contributed by atoms with Crippen LogP contribution in [-0.4, -0.2) is 13.7 Å². The van der Waals surface area contributed by atoms with E-state index in [9.17, 15) is 0 Å². The van der Waals surface area contributed by atoms with Gasteiger partial charge in [0, 0.05) is 8.95 Å². The van der Waals surface area contributed by atoms with Crippen LogP contribution in [0.5, 0.6) is 5.75 Å². The largest absolute Gasteiger partial charge is 0.497 e. The van der Waals surface area contributed by atoms with Gasteiger partial charge < -0.3 is 10.1 Å². The van der Waals surface area contributed by atoms with Crippen molar-refractivity contribution in [1.29, 1.82) is 0 Å². The molecule has 0 heterocycles. The second-order valence-electron chi connectivity index (χ2n) is 4.55. The standard InChI is InChI=1S/C16H16Br2ClNO/c1-3-20-16(10-4-7-15(19)14(18)8-10)12-6-5-11(21-2)9-13(12)17/h4-9,16,20H,3H2,1-2H3. The van der Waals surface area contributed by atoms with Gasteiger partial charge in [-0.2, -0.15) is 0 Å². The van der Waals surface area contributed by atoms with Gasteiger partial charge in [0.05, 0.1) is 18.2 Å². The number of hydrogen-bond donors (Lipinski definition) is 1. The SMILES string of the molecule is CCNC(c1ccc(Cl)c(Br)c1)c1ccc(OC)cc1Br. The molecule has 1 unspecified atom stereocenters. The van der Waals surface area contributed by atoms with Crippen molar-refractivity contribution in [2.45, 2.75) is 13.0 Å². The zero-order valence-electron chi connectivity index (χ0n) is 11.8. The summed E-state index contributed by atoms with van der Waals surface area (Å²) in [4.78, 5) is 0. The summed E-state index contributed by atoms with van der Waals surface area (Å²) < 4.78 is 7.17. The molecular formula is C16H16Br2ClNO. The molecule has 0 radical (unpaired) electrons. The summed E-state index contributed by atoms with van der Waals surface area (Å²) in [6, 6.07) is 12.1. The molecule has 0 aliphatic carbocycles. The number of methoxy groups -OCH3 is 1. The van der Waals surface area contributed by atoms with Gasteiger partial charge in [-0.15, -0.1) is 0 Å². The Morgan fingerprint density at radius 1 is 1.14 bits per heavy atom. The van der Waals surface area contributed by atoms with Crippen LogP contribution in [0.4, 0.5) is 0 Å². The van der Waals surface area contributed by atoms with Gasteiger partial charge in [-0.3, -0.25) is 0 Å². The summed E-state index contributed by atoms with van der Waals surface area (Å²) in [6.07, 6.45) is 0. The first kappa shape index (κ1) is 16.8. The molecule has 0 aliphatic heterocycles. The number of halogens is 3. The van der Waals surface area contributed by atoms with E-state index in [4.69, 9.17) is 16.3 Å². The fraction of sp³-hybridized carbons (Fsp3) is 0.250. The van der Waals surface area contributed by atoms with Crippen LogP contribution in [0.2, 0.25) is 5.02 Å². The number of nitrogens with one attached hydrogen (secondary N) is 1. The molecule has 2 aromatic rings. The third kappa shape index (κ3) is 4.01. The lowest BCUT2D eigenvalue weighted by Gasteiger charge is -2.21. The van der Waals surface area contributed by atoms with Gasteiger partial charge in [0.25, 0.3) is 0 Å². The Bertz CT molecular complexity index is 634. The quantitative estimate of drug-likeness (QED) is 0.665. The fourth-order valence-electron chi connectivity index (χ4n) is 2.17. The van der Waals surface area contributed by atoms with Crippen LogP contribution in [0, 0.1) is 0 Å². The molecule has 0 saturated heterocycles. The van der Waals surface area contributed by atoms with Crippen molar-refractivity contribution >= 4 is 43.5 Å². The smallest absolute Gasteiger partial charge is 0.120 e. The maximum absolute atomic E-state index is 6.09. The van der Waals surface area contributed by atoms with Gasteiger partial charge in [0.2, 0.25) is 0 Å². The third-order valence-electron chi connectivity index (χ3n) is 3.20. The summed E-state index contributed by atoms with van der Waals surface area (Å²) >= 11 is 13.2. The summed E-state index contributed by atoms with van der Waals surface area (Å²) in [7, 11) is 1.67. The van der Waals surface area contributed by atoms with Crippen molar-refractivity contribution in [2.75, 3.05) is 13.7 Å². The maximum atomic E-state index is 6.09. The first-order valence-corrected chi connectivity index (χ1v) is 8.55. The lowest BCUT2D eigenvalue weighted by molar-refractivity contribution is 0.414. The predicted molar refractivity (Wildman–Crippen MR) is 95.4 cm³/mol. The Labute approximate surface area is 147 Å². The van der Waals surface area contributed by atoms with E-state index in [1.54, 1.807) is 7.11 Å². The molecule has 1 N–H and O–H groups in total. The second kappa shape index (κ2) is 7.63. The molecule has 2 nitrogen and oxygen atoms in total. The highest BCUT2D eigenvalue weighted by atomic mass is 79.9. The van der Waals surface area contributed by atoms with Crippen LogP contribution in [0.3, 0.4) is 0 Å². The molecular weight excluding hydrogens is 417 g/mol. The maximum Gasteiger partial charge on any atom is 0.120 e. The lowest BCUT2D eigenvalue weighted by atomic mass is 9.98. The first-order chi connectivity index (χ1) is 10.1. The number of benzene rings is 2. The molecule has 21 heavy (non-hydrogen) atoms. The van der Waals surface area contributed by atoms with E-state index in [0.717, 1.165) is 32.4 Å². The number of rotatable bonds is 5. The Hall–Kier alpha value is -0.550. The van der Waals surface area contributed by atoms with Crippen LogP contribution in [0.1, 0.15) is 24.1 Å². The van der Waals surface area contributed by atoms with Crippen molar-refractivity contribution in [3.8, 4) is 5.75 Å². The lowest BCUT2D eigenvalue weighted by Crippen LogP contribution is -2.22. The molecule has 2 rings (SSSR count). The van der Waals surface area contributed by atoms with E-state index in [0.29, 0.717) is 5.02 Å². The van der Waals surface area contributed by atoms with Gasteiger partial charge >= 0.3 is 0 Å². The molecule has 2 aromatic carbocycles. The molecule has 0 fully saturated rings. The molecule has 1 atom stereocenters. The van der Waals surface area contributed by atoms with E-state index in [-0.39, 0.29) is 6.04 Å². The Morgan fingerprint density at radius 2 is 1.90 bits per heavy atom. The average molecular weight is 434 g/mol. The summed E-state index contributed by atoms with van der Waals surface area (Å²) in [5, 5.41) is 4.22. The molecule has 0 spiro atoms. The minimum Gasteiger partial charge on any atom is -0.497 e. The van der Waals surface area contributed by atoms with E-state index in [1.807, 2.05) is 30.3 Å². The average Bonchev–Trinajstić information content (AvgIpc) is 2.48. The normalized spacial score (nSPS) is 12.2. The minimum atomic E-state index is 0.0869. The van der Waals surface area contributed by atoms with Crippen molar-refractivity contribution in [3.63, 3.8) is 0 Å². The van der Waals surface area contributed by atoms with Crippen LogP contribution >= 0.6 is 43.5 Å². The molecule has 0 bridgehead atoms. The van der Waals surface area contributed by atoms with Crippen LogP contribution in [-0.2, 0) is 0 Å². The van der Waals surface area contributed by atoms with Crippen molar-refractivity contribution in [3.05, 3.63) is 61.5 Å². The highest BCUT2D eigenvalue weighted by Crippen LogP contribution is 2.34. The van der Waals surface area contributed by atoms with Crippen molar-refractivity contribution in [2.24, 2.45) is 0 Å². The Balaban J connectivity index is 2.45. The Kier molecular flexibility index (Phi) is 6.11. The number of ether oxygens (including phenoxy) is 1.